The Bertz CT molecular complexity index is 1040. The van der Waals surface area contributed by atoms with Crippen molar-refractivity contribution in [2.75, 3.05) is 4.90 Å². The molecule has 0 saturated carbocycles. The van der Waals surface area contributed by atoms with Gasteiger partial charge in [-0.3, -0.25) is 19.8 Å². The van der Waals surface area contributed by atoms with Crippen LogP contribution in [0.1, 0.15) is 12.5 Å². The van der Waals surface area contributed by atoms with Gasteiger partial charge in [-0.15, -0.1) is 0 Å². The largest absolute Gasteiger partial charge is 0.479 e. The smallest absolute Gasteiger partial charge is 0.344 e. The minimum absolute atomic E-state index is 0.00153. The molecule has 2 amide bonds. The number of anilines is 1. The lowest BCUT2D eigenvalue weighted by atomic mass is 10.1. The number of aliphatic carboxylic acids is 1. The number of rotatable bonds is 5. The van der Waals surface area contributed by atoms with E-state index in [2.05, 4.69) is 21.2 Å². The van der Waals surface area contributed by atoms with E-state index >= 15 is 0 Å². The second-order valence-electron chi connectivity index (χ2n) is 6.11. The summed E-state index contributed by atoms with van der Waals surface area (Å²) in [5.74, 6) is -1.86. The standard InChI is InChI=1S/C20H15BrN2O5S/c1-11(19(26)27)28-15-7-5-12(6-8-15)9-16-17(24)22-20(29)23(18(16)25)14-4-2-3-13(21)10-14/h2-11H,1H3,(H,26,27)(H,22,24,29)/b16-9+/t11-/m1/s1. The number of carboxylic acid groups (broad SMARTS) is 1. The molecule has 0 radical (unpaired) electrons. The number of benzene rings is 2. The normalized spacial score (nSPS) is 16.6. The van der Waals surface area contributed by atoms with Crippen molar-refractivity contribution in [2.45, 2.75) is 13.0 Å². The summed E-state index contributed by atoms with van der Waals surface area (Å²) in [5, 5.41) is 11.4. The molecular formula is C20H15BrN2O5S. The number of hydrogen-bond donors (Lipinski definition) is 2. The number of nitrogens with one attached hydrogen (secondary N) is 1. The number of carbonyl (C=O) groups is 3. The van der Waals surface area contributed by atoms with E-state index in [0.717, 1.165) is 4.47 Å². The van der Waals surface area contributed by atoms with Gasteiger partial charge in [0.25, 0.3) is 11.8 Å². The third-order valence-electron chi connectivity index (χ3n) is 4.02. The Balaban J connectivity index is 1.87. The first-order chi connectivity index (χ1) is 13.8. The van der Waals surface area contributed by atoms with Crippen molar-refractivity contribution >= 4 is 62.8 Å². The van der Waals surface area contributed by atoms with Crippen LogP contribution in [0.4, 0.5) is 5.69 Å². The van der Waals surface area contributed by atoms with Crippen LogP contribution in [0.15, 0.2) is 58.6 Å². The highest BCUT2D eigenvalue weighted by Crippen LogP contribution is 2.25. The van der Waals surface area contributed by atoms with Crippen LogP contribution in [0.25, 0.3) is 6.08 Å². The summed E-state index contributed by atoms with van der Waals surface area (Å²) in [4.78, 5) is 37.4. The lowest BCUT2D eigenvalue weighted by molar-refractivity contribution is -0.144. The van der Waals surface area contributed by atoms with Crippen LogP contribution in [0.5, 0.6) is 5.75 Å². The van der Waals surface area contributed by atoms with Gasteiger partial charge in [0.05, 0.1) is 5.69 Å². The molecule has 0 aromatic heterocycles. The summed E-state index contributed by atoms with van der Waals surface area (Å²) in [5.41, 5.74) is 1.01. The minimum Gasteiger partial charge on any atom is -0.479 e. The number of halogens is 1. The molecule has 1 heterocycles. The topological polar surface area (TPSA) is 95.9 Å². The van der Waals surface area contributed by atoms with Crippen molar-refractivity contribution in [3.63, 3.8) is 0 Å². The van der Waals surface area contributed by atoms with Gasteiger partial charge in [0.1, 0.15) is 11.3 Å². The van der Waals surface area contributed by atoms with Crippen molar-refractivity contribution in [1.82, 2.24) is 5.32 Å². The maximum absolute atomic E-state index is 13.0. The maximum atomic E-state index is 13.0. The van der Waals surface area contributed by atoms with Gasteiger partial charge >= 0.3 is 5.97 Å². The van der Waals surface area contributed by atoms with Gasteiger partial charge in [-0.1, -0.05) is 34.1 Å². The fourth-order valence-electron chi connectivity index (χ4n) is 2.57. The molecule has 7 nitrogen and oxygen atoms in total. The summed E-state index contributed by atoms with van der Waals surface area (Å²) in [6.45, 7) is 1.42. The summed E-state index contributed by atoms with van der Waals surface area (Å²) >= 11 is 8.52. The quantitative estimate of drug-likeness (QED) is 0.392. The number of ether oxygens (including phenoxy) is 1. The number of thiocarbonyl (C=S) groups is 1. The minimum atomic E-state index is -1.08. The number of hydrogen-bond acceptors (Lipinski definition) is 5. The van der Waals surface area contributed by atoms with E-state index in [1.807, 2.05) is 6.07 Å². The number of amides is 2. The molecule has 1 atom stereocenters. The average Bonchev–Trinajstić information content (AvgIpc) is 2.66. The zero-order valence-corrected chi connectivity index (χ0v) is 17.5. The van der Waals surface area contributed by atoms with Crippen molar-refractivity contribution in [3.8, 4) is 5.75 Å². The second kappa shape index (κ2) is 8.54. The molecule has 1 fully saturated rings. The monoisotopic (exact) mass is 474 g/mol. The van der Waals surface area contributed by atoms with E-state index in [1.54, 1.807) is 42.5 Å². The van der Waals surface area contributed by atoms with Gasteiger partial charge in [0, 0.05) is 4.47 Å². The molecule has 3 rings (SSSR count). The Morgan fingerprint density at radius 3 is 2.55 bits per heavy atom. The number of carbonyl (C=O) groups excluding carboxylic acids is 2. The lowest BCUT2D eigenvalue weighted by Crippen LogP contribution is -2.54. The van der Waals surface area contributed by atoms with Crippen molar-refractivity contribution in [3.05, 3.63) is 64.1 Å². The van der Waals surface area contributed by atoms with E-state index in [4.69, 9.17) is 22.1 Å². The van der Waals surface area contributed by atoms with Crippen LogP contribution in [0.3, 0.4) is 0 Å². The molecule has 2 N–H and O–H groups in total. The van der Waals surface area contributed by atoms with E-state index < -0.39 is 23.9 Å². The highest BCUT2D eigenvalue weighted by Gasteiger charge is 2.34. The van der Waals surface area contributed by atoms with Crippen LogP contribution in [0, 0.1) is 0 Å². The third kappa shape index (κ3) is 4.69. The van der Waals surface area contributed by atoms with E-state index in [1.165, 1.54) is 17.9 Å². The molecule has 148 valence electrons. The van der Waals surface area contributed by atoms with Gasteiger partial charge in [-0.05, 0) is 61.1 Å². The highest BCUT2D eigenvalue weighted by molar-refractivity contribution is 9.10. The number of carboxylic acids is 1. The van der Waals surface area contributed by atoms with Gasteiger partial charge in [0.15, 0.2) is 11.2 Å². The zero-order chi connectivity index (χ0) is 21.1. The van der Waals surface area contributed by atoms with Gasteiger partial charge < -0.3 is 9.84 Å². The van der Waals surface area contributed by atoms with E-state index in [9.17, 15) is 14.4 Å². The molecule has 2 aromatic rings. The maximum Gasteiger partial charge on any atom is 0.344 e. The van der Waals surface area contributed by atoms with E-state index in [0.29, 0.717) is 17.0 Å². The van der Waals surface area contributed by atoms with Gasteiger partial charge in [-0.2, -0.15) is 0 Å². The molecule has 0 bridgehead atoms. The predicted molar refractivity (Wildman–Crippen MR) is 115 cm³/mol. The first kappa shape index (κ1) is 20.7. The van der Waals surface area contributed by atoms with Crippen molar-refractivity contribution < 1.29 is 24.2 Å². The fraction of sp³-hybridized carbons (Fsp3) is 0.100. The van der Waals surface area contributed by atoms with Crippen LogP contribution in [-0.2, 0) is 14.4 Å². The lowest BCUT2D eigenvalue weighted by Gasteiger charge is -2.29. The van der Waals surface area contributed by atoms with Crippen LogP contribution < -0.4 is 15.0 Å². The number of nitrogens with zero attached hydrogens (tertiary/aromatic N) is 1. The first-order valence-corrected chi connectivity index (χ1v) is 9.63. The highest BCUT2D eigenvalue weighted by atomic mass is 79.9. The van der Waals surface area contributed by atoms with Gasteiger partial charge in [-0.25, -0.2) is 4.79 Å². The Morgan fingerprint density at radius 1 is 1.24 bits per heavy atom. The van der Waals surface area contributed by atoms with Crippen LogP contribution in [0.2, 0.25) is 0 Å². The van der Waals surface area contributed by atoms with Crippen molar-refractivity contribution in [1.29, 1.82) is 0 Å². The molecule has 0 unspecified atom stereocenters. The zero-order valence-electron chi connectivity index (χ0n) is 15.1. The first-order valence-electron chi connectivity index (χ1n) is 8.43. The molecule has 1 aliphatic heterocycles. The summed E-state index contributed by atoms with van der Waals surface area (Å²) in [7, 11) is 0. The molecule has 0 aliphatic carbocycles. The van der Waals surface area contributed by atoms with E-state index in [-0.39, 0.29) is 10.7 Å². The van der Waals surface area contributed by atoms with Gasteiger partial charge in [0.2, 0.25) is 0 Å². The van der Waals surface area contributed by atoms with Crippen LogP contribution >= 0.6 is 28.1 Å². The molecule has 29 heavy (non-hydrogen) atoms. The molecule has 1 saturated heterocycles. The Labute approximate surface area is 180 Å². The van der Waals surface area contributed by atoms with Crippen molar-refractivity contribution in [2.24, 2.45) is 0 Å². The fourth-order valence-corrected chi connectivity index (χ4v) is 3.24. The molecular weight excluding hydrogens is 460 g/mol. The molecule has 9 heteroatoms. The Hall–Kier alpha value is -3.04. The molecule has 2 aromatic carbocycles. The Kier molecular flexibility index (Phi) is 6.09. The average molecular weight is 475 g/mol. The van der Waals surface area contributed by atoms with Crippen LogP contribution in [-0.4, -0.2) is 34.1 Å². The summed E-state index contributed by atoms with van der Waals surface area (Å²) in [6, 6.07) is 13.4. The Morgan fingerprint density at radius 2 is 1.93 bits per heavy atom. The molecule has 1 aliphatic rings. The summed E-state index contributed by atoms with van der Waals surface area (Å²) < 4.78 is 6.03. The third-order valence-corrected chi connectivity index (χ3v) is 4.80. The predicted octanol–water partition coefficient (Wildman–Crippen LogP) is 3.13. The second-order valence-corrected chi connectivity index (χ2v) is 7.41. The SMILES string of the molecule is C[C@@H](Oc1ccc(/C=C2\C(=O)NC(=S)N(c3cccc(Br)c3)C2=O)cc1)C(=O)O. The molecule has 0 spiro atoms. The summed E-state index contributed by atoms with van der Waals surface area (Å²) in [6.07, 6.45) is 0.444.